The van der Waals surface area contributed by atoms with Crippen LogP contribution in [-0.4, -0.2) is 36.8 Å². The van der Waals surface area contributed by atoms with Crippen molar-refractivity contribution in [3.8, 4) is 5.75 Å². The van der Waals surface area contributed by atoms with Crippen LogP contribution < -0.4 is 27.3 Å². The molecular formula is C29H35N5O3. The molecule has 8 nitrogen and oxygen atoms in total. The molecule has 0 aromatic heterocycles. The SMILES string of the molecule is COc1ccc([C@H](C)NC(=O)[C@@](N)(CCCN=C(N)N)C(=O)C(c2ccccc2)c2ccccc2)cc1. The van der Waals surface area contributed by atoms with Gasteiger partial charge in [0.1, 0.15) is 5.75 Å². The van der Waals surface area contributed by atoms with Crippen molar-refractivity contribution >= 4 is 17.6 Å². The van der Waals surface area contributed by atoms with Crippen molar-refractivity contribution < 1.29 is 14.3 Å². The number of amides is 1. The maximum absolute atomic E-state index is 14.2. The Labute approximate surface area is 217 Å². The maximum Gasteiger partial charge on any atom is 0.248 e. The number of ether oxygens (including phenoxy) is 1. The smallest absolute Gasteiger partial charge is 0.248 e. The Morgan fingerprint density at radius 3 is 1.92 bits per heavy atom. The zero-order chi connectivity index (χ0) is 26.8. The Balaban J connectivity index is 1.96. The van der Waals surface area contributed by atoms with Gasteiger partial charge in [-0.05, 0) is 48.6 Å². The van der Waals surface area contributed by atoms with Gasteiger partial charge in [0, 0.05) is 6.54 Å². The lowest BCUT2D eigenvalue weighted by Crippen LogP contribution is -2.61. The number of guanidine groups is 1. The quantitative estimate of drug-likeness (QED) is 0.130. The van der Waals surface area contributed by atoms with Gasteiger partial charge in [0.15, 0.2) is 17.3 Å². The summed E-state index contributed by atoms with van der Waals surface area (Å²) in [5, 5.41) is 2.95. The molecule has 0 heterocycles. The van der Waals surface area contributed by atoms with Gasteiger partial charge in [0.25, 0.3) is 0 Å². The number of benzene rings is 3. The first-order valence-corrected chi connectivity index (χ1v) is 12.2. The normalized spacial score (nSPS) is 13.3. The van der Waals surface area contributed by atoms with Gasteiger partial charge in [-0.1, -0.05) is 72.8 Å². The summed E-state index contributed by atoms with van der Waals surface area (Å²) in [6, 6.07) is 25.6. The molecule has 0 bridgehead atoms. The monoisotopic (exact) mass is 501 g/mol. The van der Waals surface area contributed by atoms with E-state index in [4.69, 9.17) is 21.9 Å². The molecule has 2 atom stereocenters. The minimum Gasteiger partial charge on any atom is -0.497 e. The van der Waals surface area contributed by atoms with Gasteiger partial charge in [0.2, 0.25) is 5.91 Å². The van der Waals surface area contributed by atoms with Crippen molar-refractivity contribution in [3.63, 3.8) is 0 Å². The zero-order valence-corrected chi connectivity index (χ0v) is 21.3. The number of nitrogens with two attached hydrogens (primary N) is 3. The Morgan fingerprint density at radius 1 is 0.892 bits per heavy atom. The molecule has 0 aliphatic carbocycles. The summed E-state index contributed by atoms with van der Waals surface area (Å²) < 4.78 is 5.22. The van der Waals surface area contributed by atoms with Crippen molar-refractivity contribution in [2.24, 2.45) is 22.2 Å². The number of ketones is 1. The molecule has 0 radical (unpaired) electrons. The van der Waals surface area contributed by atoms with Crippen LogP contribution in [0.1, 0.15) is 48.4 Å². The number of methoxy groups -OCH3 is 1. The summed E-state index contributed by atoms with van der Waals surface area (Å²) in [6.45, 7) is 2.09. The van der Waals surface area contributed by atoms with E-state index in [9.17, 15) is 9.59 Å². The van der Waals surface area contributed by atoms with E-state index in [0.29, 0.717) is 12.2 Å². The first-order chi connectivity index (χ1) is 17.8. The topological polar surface area (TPSA) is 146 Å². The Kier molecular flexibility index (Phi) is 9.40. The Bertz CT molecular complexity index is 1160. The molecule has 0 spiro atoms. The number of carbonyl (C=O) groups is 2. The maximum atomic E-state index is 14.2. The van der Waals surface area contributed by atoms with E-state index in [0.717, 1.165) is 16.7 Å². The third-order valence-electron chi connectivity index (χ3n) is 6.36. The minimum absolute atomic E-state index is 0.0574. The highest BCUT2D eigenvalue weighted by Crippen LogP contribution is 2.31. The highest BCUT2D eigenvalue weighted by atomic mass is 16.5. The zero-order valence-electron chi connectivity index (χ0n) is 21.3. The number of carbonyl (C=O) groups excluding carboxylic acids is 2. The molecule has 0 unspecified atom stereocenters. The van der Waals surface area contributed by atoms with Crippen molar-refractivity contribution in [3.05, 3.63) is 102 Å². The summed E-state index contributed by atoms with van der Waals surface area (Å²) >= 11 is 0. The molecule has 3 rings (SSSR count). The van der Waals surface area contributed by atoms with Gasteiger partial charge in [-0.3, -0.25) is 14.6 Å². The van der Waals surface area contributed by atoms with Gasteiger partial charge in [-0.2, -0.15) is 0 Å². The lowest BCUT2D eigenvalue weighted by atomic mass is 9.76. The van der Waals surface area contributed by atoms with E-state index in [1.165, 1.54) is 0 Å². The molecule has 0 saturated carbocycles. The molecule has 1 amide bonds. The molecule has 7 N–H and O–H groups in total. The predicted octanol–water partition coefficient (Wildman–Crippen LogP) is 3.02. The second-order valence-corrected chi connectivity index (χ2v) is 8.97. The van der Waals surface area contributed by atoms with Gasteiger partial charge in [-0.25, -0.2) is 0 Å². The van der Waals surface area contributed by atoms with E-state index < -0.39 is 29.2 Å². The first kappa shape index (κ1) is 27.4. The van der Waals surface area contributed by atoms with E-state index in [2.05, 4.69) is 10.3 Å². The van der Waals surface area contributed by atoms with Crippen LogP contribution in [0, 0.1) is 0 Å². The Hall–Kier alpha value is -4.17. The number of hydrogen-bond donors (Lipinski definition) is 4. The highest BCUT2D eigenvalue weighted by molar-refractivity contribution is 6.14. The van der Waals surface area contributed by atoms with E-state index in [-0.39, 0.29) is 18.9 Å². The summed E-state index contributed by atoms with van der Waals surface area (Å²) in [7, 11) is 1.59. The number of nitrogens with one attached hydrogen (secondary N) is 1. The van der Waals surface area contributed by atoms with Crippen LogP contribution in [0.3, 0.4) is 0 Å². The highest BCUT2D eigenvalue weighted by Gasteiger charge is 2.45. The predicted molar refractivity (Wildman–Crippen MR) is 146 cm³/mol. The fourth-order valence-electron chi connectivity index (χ4n) is 4.26. The lowest BCUT2D eigenvalue weighted by molar-refractivity contribution is -0.137. The number of aliphatic imine (C=N–C) groups is 1. The summed E-state index contributed by atoms with van der Waals surface area (Å²) in [4.78, 5) is 32.0. The second kappa shape index (κ2) is 12.7. The lowest BCUT2D eigenvalue weighted by Gasteiger charge is -2.32. The van der Waals surface area contributed by atoms with Crippen LogP contribution >= 0.6 is 0 Å². The van der Waals surface area contributed by atoms with Crippen LogP contribution in [0.15, 0.2) is 89.9 Å². The van der Waals surface area contributed by atoms with Crippen LogP contribution in [0.25, 0.3) is 0 Å². The molecule has 37 heavy (non-hydrogen) atoms. The minimum atomic E-state index is -1.82. The van der Waals surface area contributed by atoms with Crippen LogP contribution in [0.5, 0.6) is 5.75 Å². The molecule has 0 aliphatic rings. The third kappa shape index (κ3) is 6.95. The Morgan fingerprint density at radius 2 is 1.43 bits per heavy atom. The van der Waals surface area contributed by atoms with Crippen LogP contribution in [-0.2, 0) is 9.59 Å². The summed E-state index contributed by atoms with van der Waals surface area (Å²) in [5.41, 5.74) is 18.2. The number of rotatable bonds is 12. The number of Topliss-reactive ketones (excluding diaryl/α,β-unsaturated/α-hetero) is 1. The van der Waals surface area contributed by atoms with Crippen molar-refractivity contribution in [1.82, 2.24) is 5.32 Å². The second-order valence-electron chi connectivity index (χ2n) is 8.97. The van der Waals surface area contributed by atoms with E-state index in [1.807, 2.05) is 91.9 Å². The van der Waals surface area contributed by atoms with E-state index >= 15 is 0 Å². The number of nitrogens with zero attached hydrogens (tertiary/aromatic N) is 1. The van der Waals surface area contributed by atoms with Crippen molar-refractivity contribution in [2.45, 2.75) is 37.3 Å². The summed E-state index contributed by atoms with van der Waals surface area (Å²) in [5.74, 6) is -1.02. The van der Waals surface area contributed by atoms with Gasteiger partial charge < -0.3 is 27.3 Å². The van der Waals surface area contributed by atoms with Gasteiger partial charge in [0.05, 0.1) is 19.1 Å². The molecule has 0 saturated heterocycles. The first-order valence-electron chi connectivity index (χ1n) is 12.2. The van der Waals surface area contributed by atoms with Gasteiger partial charge in [-0.15, -0.1) is 0 Å². The fraction of sp³-hybridized carbons (Fsp3) is 0.276. The third-order valence-corrected chi connectivity index (χ3v) is 6.36. The molecule has 0 aliphatic heterocycles. The average Bonchev–Trinajstić information content (AvgIpc) is 2.92. The average molecular weight is 502 g/mol. The van der Waals surface area contributed by atoms with Crippen LogP contribution in [0.4, 0.5) is 0 Å². The molecule has 8 heteroatoms. The molecule has 3 aromatic carbocycles. The molecule has 0 fully saturated rings. The van der Waals surface area contributed by atoms with Gasteiger partial charge >= 0.3 is 0 Å². The molecule has 3 aromatic rings. The van der Waals surface area contributed by atoms with Crippen molar-refractivity contribution in [2.75, 3.05) is 13.7 Å². The largest absolute Gasteiger partial charge is 0.497 e. The number of hydrogen-bond acceptors (Lipinski definition) is 5. The molecule has 194 valence electrons. The van der Waals surface area contributed by atoms with Crippen molar-refractivity contribution in [1.29, 1.82) is 0 Å². The fourth-order valence-corrected chi connectivity index (χ4v) is 4.26. The van der Waals surface area contributed by atoms with E-state index in [1.54, 1.807) is 7.11 Å². The summed E-state index contributed by atoms with van der Waals surface area (Å²) in [6.07, 6.45) is 0.417. The standard InChI is InChI=1S/C29H35N5O3/c1-20(21-14-16-24(37-2)17-15-21)34-27(36)29(32,18-9-19-33-28(30)31)26(35)25(22-10-5-3-6-11-22)23-12-7-4-8-13-23/h3-8,10-17,20,25H,9,18-19,32H2,1-2H3,(H,34,36)(H4,30,31,33)/t20-,29+/m0/s1. The molecular weight excluding hydrogens is 466 g/mol. The van der Waals surface area contributed by atoms with Crippen LogP contribution in [0.2, 0.25) is 0 Å².